The van der Waals surface area contributed by atoms with Gasteiger partial charge in [-0.15, -0.1) is 0 Å². The maximum absolute atomic E-state index is 8.70. The molecule has 0 unspecified atom stereocenters. The van der Waals surface area contributed by atoms with E-state index in [4.69, 9.17) is 5.26 Å². The third kappa shape index (κ3) is 2.29. The molecule has 13 heavy (non-hydrogen) atoms. The molecule has 0 saturated carbocycles. The summed E-state index contributed by atoms with van der Waals surface area (Å²) in [6.07, 6.45) is 1.70. The van der Waals surface area contributed by atoms with Crippen molar-refractivity contribution in [3.63, 3.8) is 0 Å². The average molecular weight is 174 g/mol. The van der Waals surface area contributed by atoms with Crippen molar-refractivity contribution in [3.8, 4) is 6.07 Å². The maximum atomic E-state index is 8.70. The second kappa shape index (κ2) is 4.04. The molecular formula is C11H14N2. The van der Waals surface area contributed by atoms with E-state index in [0.717, 1.165) is 5.69 Å². The first kappa shape index (κ1) is 9.73. The highest BCUT2D eigenvalue weighted by Gasteiger charge is 2.11. The van der Waals surface area contributed by atoms with Crippen LogP contribution in [0.15, 0.2) is 18.3 Å². The van der Waals surface area contributed by atoms with E-state index in [0.29, 0.717) is 17.4 Å². The summed E-state index contributed by atoms with van der Waals surface area (Å²) in [5.74, 6) is 0.967. The van der Waals surface area contributed by atoms with Crippen LogP contribution in [-0.2, 0) is 0 Å². The van der Waals surface area contributed by atoms with Crippen LogP contribution in [0.25, 0.3) is 0 Å². The maximum Gasteiger partial charge on any atom is 0.0992 e. The molecule has 68 valence electrons. The largest absolute Gasteiger partial charge is 0.261 e. The molecule has 0 saturated heterocycles. The molecule has 2 nitrogen and oxygen atoms in total. The van der Waals surface area contributed by atoms with E-state index in [-0.39, 0.29) is 0 Å². The smallest absolute Gasteiger partial charge is 0.0992 e. The van der Waals surface area contributed by atoms with Gasteiger partial charge in [-0.1, -0.05) is 20.8 Å². The summed E-state index contributed by atoms with van der Waals surface area (Å²) < 4.78 is 0. The molecule has 1 heterocycles. The van der Waals surface area contributed by atoms with E-state index in [2.05, 4.69) is 31.8 Å². The van der Waals surface area contributed by atoms with Crippen LogP contribution in [-0.4, -0.2) is 4.98 Å². The fraction of sp³-hybridized carbons (Fsp3) is 0.455. The summed E-state index contributed by atoms with van der Waals surface area (Å²) in [5, 5.41) is 8.70. The zero-order valence-electron chi connectivity index (χ0n) is 8.28. The molecule has 0 fully saturated rings. The standard InChI is InChI=1S/C11H14N2/c1-8(2)9(3)11-6-10(7-12)4-5-13-11/h4-6,8-9H,1-3H3/t9-/m0/s1. The Balaban J connectivity index is 2.96. The van der Waals surface area contributed by atoms with Crippen molar-refractivity contribution < 1.29 is 0 Å². The van der Waals surface area contributed by atoms with Gasteiger partial charge in [-0.2, -0.15) is 5.26 Å². The molecule has 0 aliphatic heterocycles. The average Bonchev–Trinajstić information content (AvgIpc) is 2.16. The van der Waals surface area contributed by atoms with Gasteiger partial charge in [-0.3, -0.25) is 4.98 Å². The van der Waals surface area contributed by atoms with Crippen LogP contribution < -0.4 is 0 Å². The number of aromatic nitrogens is 1. The molecule has 0 radical (unpaired) electrons. The Morgan fingerprint density at radius 1 is 1.38 bits per heavy atom. The van der Waals surface area contributed by atoms with Crippen molar-refractivity contribution in [2.45, 2.75) is 26.7 Å². The predicted molar refractivity (Wildman–Crippen MR) is 52.2 cm³/mol. The Labute approximate surface area is 79.2 Å². The van der Waals surface area contributed by atoms with Gasteiger partial charge < -0.3 is 0 Å². The first-order valence-corrected chi connectivity index (χ1v) is 4.51. The summed E-state index contributed by atoms with van der Waals surface area (Å²) in [5.41, 5.74) is 1.70. The molecule has 1 rings (SSSR count). The zero-order valence-corrected chi connectivity index (χ0v) is 8.28. The van der Waals surface area contributed by atoms with E-state index in [1.807, 2.05) is 6.07 Å². The Kier molecular flexibility index (Phi) is 3.02. The molecule has 1 aromatic heterocycles. The van der Waals surface area contributed by atoms with Crippen LogP contribution in [0.5, 0.6) is 0 Å². The molecule has 1 aromatic rings. The highest BCUT2D eigenvalue weighted by atomic mass is 14.7. The SMILES string of the molecule is CC(C)[C@H](C)c1cc(C#N)ccn1. The van der Waals surface area contributed by atoms with E-state index in [1.54, 1.807) is 12.3 Å². The summed E-state index contributed by atoms with van der Waals surface area (Å²) in [6, 6.07) is 5.72. The van der Waals surface area contributed by atoms with Crippen LogP contribution in [0.1, 0.15) is 37.9 Å². The number of hydrogen-bond donors (Lipinski definition) is 0. The lowest BCUT2D eigenvalue weighted by Gasteiger charge is -2.14. The second-order valence-electron chi connectivity index (χ2n) is 3.61. The molecule has 0 bridgehead atoms. The Hall–Kier alpha value is -1.36. The van der Waals surface area contributed by atoms with Gasteiger partial charge in [0.15, 0.2) is 0 Å². The van der Waals surface area contributed by atoms with E-state index in [9.17, 15) is 0 Å². The van der Waals surface area contributed by atoms with Gasteiger partial charge in [0.2, 0.25) is 0 Å². The van der Waals surface area contributed by atoms with Crippen molar-refractivity contribution in [1.29, 1.82) is 5.26 Å². The predicted octanol–water partition coefficient (Wildman–Crippen LogP) is 2.71. The van der Waals surface area contributed by atoms with Crippen molar-refractivity contribution in [2.24, 2.45) is 5.92 Å². The normalized spacial score (nSPS) is 12.5. The number of nitriles is 1. The highest BCUT2D eigenvalue weighted by molar-refractivity contribution is 5.29. The second-order valence-corrected chi connectivity index (χ2v) is 3.61. The van der Waals surface area contributed by atoms with Gasteiger partial charge in [0.05, 0.1) is 11.6 Å². The lowest BCUT2D eigenvalue weighted by molar-refractivity contribution is 0.523. The van der Waals surface area contributed by atoms with Gasteiger partial charge in [0.25, 0.3) is 0 Å². The Morgan fingerprint density at radius 3 is 2.62 bits per heavy atom. The molecule has 2 heteroatoms. The van der Waals surface area contributed by atoms with Crippen LogP contribution >= 0.6 is 0 Å². The zero-order chi connectivity index (χ0) is 9.84. The first-order chi connectivity index (χ1) is 6.15. The minimum absolute atomic E-state index is 0.410. The number of rotatable bonds is 2. The van der Waals surface area contributed by atoms with Gasteiger partial charge in [-0.25, -0.2) is 0 Å². The summed E-state index contributed by atoms with van der Waals surface area (Å²) in [4.78, 5) is 4.26. The molecule has 0 amide bonds. The van der Waals surface area contributed by atoms with Gasteiger partial charge in [0.1, 0.15) is 0 Å². The quantitative estimate of drug-likeness (QED) is 0.691. The summed E-state index contributed by atoms with van der Waals surface area (Å²) in [7, 11) is 0. The molecular weight excluding hydrogens is 160 g/mol. The van der Waals surface area contributed by atoms with Crippen molar-refractivity contribution in [3.05, 3.63) is 29.6 Å². The Bertz CT molecular complexity index is 323. The van der Waals surface area contributed by atoms with Crippen molar-refractivity contribution >= 4 is 0 Å². The number of hydrogen-bond acceptors (Lipinski definition) is 2. The minimum Gasteiger partial charge on any atom is -0.261 e. The van der Waals surface area contributed by atoms with Crippen molar-refractivity contribution in [2.75, 3.05) is 0 Å². The fourth-order valence-corrected chi connectivity index (χ4v) is 1.11. The molecule has 0 aliphatic carbocycles. The third-order valence-electron chi connectivity index (χ3n) is 2.38. The highest BCUT2D eigenvalue weighted by Crippen LogP contribution is 2.21. The van der Waals surface area contributed by atoms with E-state index in [1.165, 1.54) is 0 Å². The lowest BCUT2D eigenvalue weighted by Crippen LogP contribution is -2.04. The summed E-state index contributed by atoms with van der Waals surface area (Å²) >= 11 is 0. The molecule has 0 spiro atoms. The fourth-order valence-electron chi connectivity index (χ4n) is 1.11. The molecule has 1 atom stereocenters. The van der Waals surface area contributed by atoms with Gasteiger partial charge >= 0.3 is 0 Å². The summed E-state index contributed by atoms with van der Waals surface area (Å²) in [6.45, 7) is 6.45. The monoisotopic (exact) mass is 174 g/mol. The van der Waals surface area contributed by atoms with Crippen molar-refractivity contribution in [1.82, 2.24) is 4.98 Å². The molecule has 0 aromatic carbocycles. The van der Waals surface area contributed by atoms with Gasteiger partial charge in [-0.05, 0) is 18.1 Å². The van der Waals surface area contributed by atoms with Crippen LogP contribution in [0.2, 0.25) is 0 Å². The van der Waals surface area contributed by atoms with Gasteiger partial charge in [0, 0.05) is 17.8 Å². The van der Waals surface area contributed by atoms with E-state index >= 15 is 0 Å². The first-order valence-electron chi connectivity index (χ1n) is 4.51. The molecule has 0 N–H and O–H groups in total. The minimum atomic E-state index is 0.410. The van der Waals surface area contributed by atoms with E-state index < -0.39 is 0 Å². The van der Waals surface area contributed by atoms with Crippen LogP contribution in [0, 0.1) is 17.2 Å². The Morgan fingerprint density at radius 2 is 2.08 bits per heavy atom. The number of nitrogens with zero attached hydrogens (tertiary/aromatic N) is 2. The number of pyridine rings is 1. The van der Waals surface area contributed by atoms with Crippen LogP contribution in [0.3, 0.4) is 0 Å². The third-order valence-corrected chi connectivity index (χ3v) is 2.38. The topological polar surface area (TPSA) is 36.7 Å². The molecule has 0 aliphatic rings. The lowest BCUT2D eigenvalue weighted by atomic mass is 9.93. The van der Waals surface area contributed by atoms with Crippen LogP contribution in [0.4, 0.5) is 0 Å².